The number of aliphatic hydroxyl groups is 1. The van der Waals surface area contributed by atoms with Crippen molar-refractivity contribution in [3.8, 4) is 6.07 Å². The quantitative estimate of drug-likeness (QED) is 0.872. The third-order valence-corrected chi connectivity index (χ3v) is 4.52. The molecule has 0 unspecified atom stereocenters. The molecule has 1 aliphatic carbocycles. The molecule has 0 radical (unpaired) electrons. The second kappa shape index (κ2) is 6.75. The molecule has 24 heavy (non-hydrogen) atoms. The molecule has 2 heterocycles. The Bertz CT molecular complexity index is 722. The maximum atomic E-state index is 10.1. The van der Waals surface area contributed by atoms with Crippen molar-refractivity contribution in [3.63, 3.8) is 0 Å². The van der Waals surface area contributed by atoms with Gasteiger partial charge >= 0.3 is 0 Å². The number of furan rings is 1. The summed E-state index contributed by atoms with van der Waals surface area (Å²) in [6.07, 6.45) is 6.23. The van der Waals surface area contributed by atoms with Gasteiger partial charge in [-0.2, -0.15) is 5.26 Å². The average molecular weight is 329 g/mol. The third kappa shape index (κ3) is 3.66. The molecule has 1 saturated carbocycles. The second-order valence-electron chi connectivity index (χ2n) is 6.86. The summed E-state index contributed by atoms with van der Waals surface area (Å²) in [4.78, 5) is 0. The molecule has 128 valence electrons. The zero-order chi connectivity index (χ0) is 17.2. The highest BCUT2D eigenvalue weighted by Gasteiger charge is 2.29. The van der Waals surface area contributed by atoms with Gasteiger partial charge in [0.2, 0.25) is 5.76 Å². The van der Waals surface area contributed by atoms with Crippen molar-refractivity contribution < 1.29 is 9.52 Å². The Kier molecular flexibility index (Phi) is 4.69. The van der Waals surface area contributed by atoms with Gasteiger partial charge in [-0.05, 0) is 38.8 Å². The minimum atomic E-state index is -0.988. The molecule has 0 aliphatic heterocycles. The summed E-state index contributed by atoms with van der Waals surface area (Å²) >= 11 is 0. The van der Waals surface area contributed by atoms with Crippen LogP contribution in [0.4, 0.5) is 0 Å². The van der Waals surface area contributed by atoms with Gasteiger partial charge in [0, 0.05) is 6.04 Å². The maximum Gasteiger partial charge on any atom is 0.203 e. The Morgan fingerprint density at radius 2 is 2.21 bits per heavy atom. The van der Waals surface area contributed by atoms with E-state index in [0.717, 1.165) is 25.0 Å². The van der Waals surface area contributed by atoms with Crippen LogP contribution in [0.1, 0.15) is 62.8 Å². The molecule has 2 atom stereocenters. The highest BCUT2D eigenvalue weighted by Crippen LogP contribution is 2.29. The first-order valence-electron chi connectivity index (χ1n) is 8.34. The lowest BCUT2D eigenvalue weighted by atomic mass is 9.90. The van der Waals surface area contributed by atoms with E-state index in [2.05, 4.69) is 15.6 Å². The normalized spacial score (nSPS) is 21.6. The van der Waals surface area contributed by atoms with E-state index in [4.69, 9.17) is 9.68 Å². The van der Waals surface area contributed by atoms with Crippen LogP contribution in [0, 0.1) is 11.3 Å². The molecule has 0 bridgehead atoms. The van der Waals surface area contributed by atoms with Crippen molar-refractivity contribution in [2.45, 2.75) is 63.8 Å². The van der Waals surface area contributed by atoms with Crippen LogP contribution in [0.3, 0.4) is 0 Å². The van der Waals surface area contributed by atoms with Crippen molar-refractivity contribution in [3.05, 3.63) is 35.5 Å². The number of nitrogens with one attached hydrogen (secondary N) is 1. The van der Waals surface area contributed by atoms with E-state index >= 15 is 0 Å². The van der Waals surface area contributed by atoms with Crippen LogP contribution in [0.25, 0.3) is 0 Å². The minimum absolute atomic E-state index is 0.202. The number of hydrogen-bond acceptors (Lipinski definition) is 6. The van der Waals surface area contributed by atoms with Gasteiger partial charge in [0.25, 0.3) is 0 Å². The Morgan fingerprint density at radius 1 is 1.42 bits per heavy atom. The summed E-state index contributed by atoms with van der Waals surface area (Å²) in [5.41, 5.74) is -0.408. The fourth-order valence-electron chi connectivity index (χ4n) is 3.15. The number of hydrogen-bond donors (Lipinski definition) is 2. The lowest BCUT2D eigenvalue weighted by Gasteiger charge is -2.32. The maximum absolute atomic E-state index is 10.1. The molecule has 7 heteroatoms. The highest BCUT2D eigenvalue weighted by atomic mass is 16.3. The Labute approximate surface area is 141 Å². The fraction of sp³-hybridized carbons (Fsp3) is 0.588. The second-order valence-corrected chi connectivity index (χ2v) is 6.86. The molecule has 0 amide bonds. The number of nitriles is 1. The van der Waals surface area contributed by atoms with E-state index in [-0.39, 0.29) is 12.1 Å². The molecule has 0 spiro atoms. The van der Waals surface area contributed by atoms with Gasteiger partial charge in [0.05, 0.1) is 18.8 Å². The van der Waals surface area contributed by atoms with Crippen LogP contribution in [-0.2, 0) is 12.1 Å². The molecule has 2 aromatic rings. The van der Waals surface area contributed by atoms with Gasteiger partial charge in [0.1, 0.15) is 23.1 Å². The number of nitrogens with zero attached hydrogens (tertiary/aromatic N) is 4. The predicted molar refractivity (Wildman–Crippen MR) is 86.8 cm³/mol. The average Bonchev–Trinajstić information content (AvgIpc) is 3.22. The standard InChI is InChI=1S/C17H23N5O2/c1-17(2,23)16-11-22(21-20-16)15-6-4-3-5-14(15)19-10-13-8-7-12(9-18)24-13/h7-8,11,14-15,19,23H,3-6,10H2,1-2H3/t14-,15+/m0/s1. The van der Waals surface area contributed by atoms with E-state index in [0.29, 0.717) is 18.0 Å². The van der Waals surface area contributed by atoms with E-state index in [1.54, 1.807) is 19.9 Å². The van der Waals surface area contributed by atoms with Crippen molar-refractivity contribution >= 4 is 0 Å². The van der Waals surface area contributed by atoms with Gasteiger partial charge in [0.15, 0.2) is 0 Å². The van der Waals surface area contributed by atoms with Gasteiger partial charge < -0.3 is 14.8 Å². The largest absolute Gasteiger partial charge is 0.449 e. The SMILES string of the molecule is CC(C)(O)c1cn([C@@H]2CCCC[C@@H]2NCc2ccc(C#N)o2)nn1. The van der Waals surface area contributed by atoms with Crippen molar-refractivity contribution in [2.75, 3.05) is 0 Å². The lowest BCUT2D eigenvalue weighted by Crippen LogP contribution is -2.39. The summed E-state index contributed by atoms with van der Waals surface area (Å²) in [7, 11) is 0. The lowest BCUT2D eigenvalue weighted by molar-refractivity contribution is 0.0736. The van der Waals surface area contributed by atoms with Gasteiger partial charge in [-0.25, -0.2) is 4.68 Å². The molecule has 3 rings (SSSR count). The molecule has 0 saturated heterocycles. The molecule has 7 nitrogen and oxygen atoms in total. The van der Waals surface area contributed by atoms with Crippen LogP contribution < -0.4 is 5.32 Å². The summed E-state index contributed by atoms with van der Waals surface area (Å²) in [5.74, 6) is 1.09. The third-order valence-electron chi connectivity index (χ3n) is 4.52. The number of aromatic nitrogens is 3. The van der Waals surface area contributed by atoms with Gasteiger partial charge in [-0.1, -0.05) is 18.1 Å². The van der Waals surface area contributed by atoms with Crippen LogP contribution >= 0.6 is 0 Å². The Hall–Kier alpha value is -2.17. The molecule has 2 aromatic heterocycles. The summed E-state index contributed by atoms with van der Waals surface area (Å²) < 4.78 is 7.29. The smallest absolute Gasteiger partial charge is 0.203 e. The van der Waals surface area contributed by atoms with Crippen molar-refractivity contribution in [2.24, 2.45) is 0 Å². The first-order chi connectivity index (χ1) is 11.5. The van der Waals surface area contributed by atoms with E-state index in [1.807, 2.05) is 23.0 Å². The summed E-state index contributed by atoms with van der Waals surface area (Å²) in [5, 5.41) is 30.8. The van der Waals surface area contributed by atoms with Crippen LogP contribution in [-0.4, -0.2) is 26.1 Å². The van der Waals surface area contributed by atoms with Crippen molar-refractivity contribution in [1.29, 1.82) is 5.26 Å². The van der Waals surface area contributed by atoms with E-state index < -0.39 is 5.60 Å². The molecule has 1 fully saturated rings. The topological polar surface area (TPSA) is 99.9 Å². The van der Waals surface area contributed by atoms with E-state index in [9.17, 15) is 5.11 Å². The zero-order valence-electron chi connectivity index (χ0n) is 14.1. The van der Waals surface area contributed by atoms with Gasteiger partial charge in [-0.15, -0.1) is 5.10 Å². The first kappa shape index (κ1) is 16.7. The van der Waals surface area contributed by atoms with Crippen molar-refractivity contribution in [1.82, 2.24) is 20.3 Å². The molecular formula is C17H23N5O2. The van der Waals surface area contributed by atoms with E-state index in [1.165, 1.54) is 6.42 Å². The zero-order valence-corrected chi connectivity index (χ0v) is 14.1. The van der Waals surface area contributed by atoms with Gasteiger partial charge in [-0.3, -0.25) is 0 Å². The fourth-order valence-corrected chi connectivity index (χ4v) is 3.15. The summed E-state index contributed by atoms with van der Waals surface area (Å²) in [6, 6.07) is 5.96. The summed E-state index contributed by atoms with van der Waals surface area (Å²) in [6.45, 7) is 4.00. The molecule has 2 N–H and O–H groups in total. The Morgan fingerprint density at radius 3 is 2.88 bits per heavy atom. The highest BCUT2D eigenvalue weighted by molar-refractivity contribution is 5.19. The van der Waals surface area contributed by atoms with Crippen LogP contribution in [0.2, 0.25) is 0 Å². The van der Waals surface area contributed by atoms with Crippen LogP contribution in [0.5, 0.6) is 0 Å². The Balaban J connectivity index is 1.69. The predicted octanol–water partition coefficient (Wildman–Crippen LogP) is 2.24. The minimum Gasteiger partial charge on any atom is -0.449 e. The molecular weight excluding hydrogens is 306 g/mol. The molecule has 0 aromatic carbocycles. The monoisotopic (exact) mass is 329 g/mol. The van der Waals surface area contributed by atoms with Crippen LogP contribution in [0.15, 0.2) is 22.7 Å². The molecule has 1 aliphatic rings. The number of rotatable bonds is 5. The first-order valence-corrected chi connectivity index (χ1v) is 8.34.